The van der Waals surface area contributed by atoms with Crippen LogP contribution in [0, 0.1) is 0 Å². The number of hydrogen-bond acceptors (Lipinski definition) is 8. The van der Waals surface area contributed by atoms with Crippen molar-refractivity contribution in [2.45, 2.75) is 12.3 Å². The van der Waals surface area contributed by atoms with Crippen LogP contribution in [-0.4, -0.2) is 39.2 Å². The van der Waals surface area contributed by atoms with Crippen LogP contribution in [0.4, 0.5) is 0 Å². The molecular weight excluding hydrogens is 464 g/mol. The Bertz CT molecular complexity index is 1400. The maximum Gasteiger partial charge on any atom is 0.312 e. The predicted molar refractivity (Wildman–Crippen MR) is 128 cm³/mol. The highest BCUT2D eigenvalue weighted by atomic mass is 16.6. The van der Waals surface area contributed by atoms with Gasteiger partial charge in [0.1, 0.15) is 30.5 Å². The summed E-state index contributed by atoms with van der Waals surface area (Å²) in [7, 11) is 3.15. The summed E-state index contributed by atoms with van der Waals surface area (Å²) >= 11 is 0. The van der Waals surface area contributed by atoms with Crippen molar-refractivity contribution in [2.75, 3.05) is 27.4 Å². The van der Waals surface area contributed by atoms with Crippen LogP contribution in [0.15, 0.2) is 54.3 Å². The van der Waals surface area contributed by atoms with Crippen molar-refractivity contribution in [1.82, 2.24) is 0 Å². The van der Waals surface area contributed by atoms with Crippen molar-refractivity contribution in [1.29, 1.82) is 0 Å². The Morgan fingerprint density at radius 2 is 1.67 bits per heavy atom. The van der Waals surface area contributed by atoms with E-state index in [1.54, 1.807) is 32.4 Å². The third kappa shape index (κ3) is 3.62. The summed E-state index contributed by atoms with van der Waals surface area (Å²) in [4.78, 5) is 25.8. The number of ether oxygens (including phenoxy) is 6. The number of ketones is 1. The third-order valence-corrected chi connectivity index (χ3v) is 6.45. The van der Waals surface area contributed by atoms with Crippen LogP contribution in [0.5, 0.6) is 34.5 Å². The minimum Gasteiger partial charge on any atom is -0.497 e. The molecule has 0 spiro atoms. The molecule has 3 aliphatic rings. The summed E-state index contributed by atoms with van der Waals surface area (Å²) in [6.07, 6.45) is 1.76. The van der Waals surface area contributed by atoms with E-state index >= 15 is 0 Å². The zero-order valence-electron chi connectivity index (χ0n) is 19.7. The van der Waals surface area contributed by atoms with Gasteiger partial charge in [-0.15, -0.1) is 0 Å². The Morgan fingerprint density at radius 1 is 0.861 bits per heavy atom. The van der Waals surface area contributed by atoms with E-state index in [2.05, 4.69) is 0 Å². The van der Waals surface area contributed by atoms with Crippen LogP contribution in [0.1, 0.15) is 39.4 Å². The first-order chi connectivity index (χ1) is 17.6. The zero-order valence-corrected chi connectivity index (χ0v) is 19.7. The summed E-state index contributed by atoms with van der Waals surface area (Å²) < 4.78 is 33.9. The number of carbonyl (C=O) groups is 2. The molecule has 1 unspecified atom stereocenters. The fraction of sp³-hybridized carbons (Fsp3) is 0.214. The second-order valence-corrected chi connectivity index (χ2v) is 8.55. The van der Waals surface area contributed by atoms with Crippen LogP contribution in [0.2, 0.25) is 0 Å². The monoisotopic (exact) mass is 486 g/mol. The number of fused-ring (bicyclic) bond motifs is 4. The average molecular weight is 486 g/mol. The molecule has 0 saturated heterocycles. The Morgan fingerprint density at radius 3 is 2.44 bits per heavy atom. The topological polar surface area (TPSA) is 89.5 Å². The van der Waals surface area contributed by atoms with E-state index in [9.17, 15) is 9.59 Å². The van der Waals surface area contributed by atoms with E-state index in [1.807, 2.05) is 36.4 Å². The van der Waals surface area contributed by atoms with Gasteiger partial charge in [0.15, 0.2) is 17.3 Å². The van der Waals surface area contributed by atoms with Gasteiger partial charge in [-0.2, -0.15) is 0 Å². The largest absolute Gasteiger partial charge is 0.497 e. The lowest BCUT2D eigenvalue weighted by atomic mass is 9.84. The number of allylic oxidation sites excluding steroid dienone is 1. The maximum absolute atomic E-state index is 13.2. The van der Waals surface area contributed by atoms with Crippen molar-refractivity contribution in [3.05, 3.63) is 76.5 Å². The highest BCUT2D eigenvalue weighted by Gasteiger charge is 2.39. The summed E-state index contributed by atoms with van der Waals surface area (Å²) in [6.45, 7) is 0.837. The molecule has 3 aromatic carbocycles. The molecule has 0 aliphatic carbocycles. The van der Waals surface area contributed by atoms with Crippen molar-refractivity contribution in [2.24, 2.45) is 0 Å². The number of carbonyl (C=O) groups excluding carboxylic acids is 2. The van der Waals surface area contributed by atoms with Gasteiger partial charge >= 0.3 is 5.97 Å². The predicted octanol–water partition coefficient (Wildman–Crippen LogP) is 4.53. The molecule has 0 amide bonds. The standard InChI is InChI=1S/C28H22O8/c1-31-17-5-3-15(4-6-17)11-21-26(30)18-7-8-20-25(27(18)36-21)19(14-24(29)35-20)16-12-22(32-2)28-23(13-16)33-9-10-34-28/h3-8,11-13,19H,9-10,14H2,1-2H3/b21-11+. The Hall–Kier alpha value is -4.46. The van der Waals surface area contributed by atoms with Crippen LogP contribution in [0.25, 0.3) is 6.08 Å². The highest BCUT2D eigenvalue weighted by molar-refractivity contribution is 6.15. The molecule has 0 N–H and O–H groups in total. The molecule has 0 bridgehead atoms. The zero-order chi connectivity index (χ0) is 24.8. The van der Waals surface area contributed by atoms with E-state index in [0.717, 1.165) is 11.1 Å². The summed E-state index contributed by atoms with van der Waals surface area (Å²) in [5.41, 5.74) is 2.62. The SMILES string of the molecule is COc1ccc(/C=C2/Oc3c(ccc4c3C(c3cc(OC)c5c(c3)OCCO5)CC(=O)O4)C2=O)cc1. The Labute approximate surface area is 206 Å². The lowest BCUT2D eigenvalue weighted by Crippen LogP contribution is -2.22. The summed E-state index contributed by atoms with van der Waals surface area (Å²) in [6, 6.07) is 14.2. The maximum atomic E-state index is 13.2. The van der Waals surface area contributed by atoms with Crippen LogP contribution in [0.3, 0.4) is 0 Å². The van der Waals surface area contributed by atoms with Crippen molar-refractivity contribution >= 4 is 17.8 Å². The van der Waals surface area contributed by atoms with Gasteiger partial charge in [-0.25, -0.2) is 0 Å². The Kier molecular flexibility index (Phi) is 5.29. The molecule has 0 radical (unpaired) electrons. The van der Waals surface area contributed by atoms with Crippen LogP contribution < -0.4 is 28.4 Å². The van der Waals surface area contributed by atoms with Crippen LogP contribution in [-0.2, 0) is 4.79 Å². The van der Waals surface area contributed by atoms with Gasteiger partial charge in [-0.05, 0) is 53.6 Å². The molecule has 3 aromatic rings. The van der Waals surface area contributed by atoms with E-state index < -0.39 is 5.92 Å². The molecule has 8 heteroatoms. The molecule has 36 heavy (non-hydrogen) atoms. The minimum atomic E-state index is -0.436. The number of benzene rings is 3. The molecule has 0 aromatic heterocycles. The second kappa shape index (κ2) is 8.64. The summed E-state index contributed by atoms with van der Waals surface area (Å²) in [5.74, 6) is 2.19. The number of rotatable bonds is 4. The van der Waals surface area contributed by atoms with E-state index in [1.165, 1.54) is 0 Å². The number of hydrogen-bond donors (Lipinski definition) is 0. The number of Topliss-reactive ketones (excluding diaryl/α,β-unsaturated/α-hetero) is 1. The fourth-order valence-corrected chi connectivity index (χ4v) is 4.74. The highest BCUT2D eigenvalue weighted by Crippen LogP contribution is 2.51. The van der Waals surface area contributed by atoms with Crippen LogP contribution >= 0.6 is 0 Å². The van der Waals surface area contributed by atoms with Gasteiger partial charge in [-0.1, -0.05) is 12.1 Å². The number of methoxy groups -OCH3 is 2. The molecule has 8 nitrogen and oxygen atoms in total. The molecule has 0 saturated carbocycles. The van der Waals surface area contributed by atoms with E-state index in [4.69, 9.17) is 28.4 Å². The van der Waals surface area contributed by atoms with Gasteiger partial charge in [0.2, 0.25) is 11.5 Å². The lowest BCUT2D eigenvalue weighted by Gasteiger charge is -2.28. The van der Waals surface area contributed by atoms with Gasteiger partial charge in [0, 0.05) is 11.5 Å². The molecule has 3 heterocycles. The van der Waals surface area contributed by atoms with Gasteiger partial charge in [0.05, 0.1) is 26.2 Å². The van der Waals surface area contributed by atoms with Crippen molar-refractivity contribution in [3.8, 4) is 34.5 Å². The third-order valence-electron chi connectivity index (χ3n) is 6.45. The molecule has 182 valence electrons. The lowest BCUT2D eigenvalue weighted by molar-refractivity contribution is -0.135. The molecule has 1 atom stereocenters. The molecule has 3 aliphatic heterocycles. The fourth-order valence-electron chi connectivity index (χ4n) is 4.74. The van der Waals surface area contributed by atoms with Crippen molar-refractivity contribution < 1.29 is 38.0 Å². The number of esters is 1. The van der Waals surface area contributed by atoms with Gasteiger partial charge in [-0.3, -0.25) is 9.59 Å². The molecule has 6 rings (SSSR count). The first-order valence-corrected chi connectivity index (χ1v) is 11.5. The van der Waals surface area contributed by atoms with Gasteiger partial charge < -0.3 is 28.4 Å². The smallest absolute Gasteiger partial charge is 0.312 e. The van der Waals surface area contributed by atoms with E-state index in [-0.39, 0.29) is 23.9 Å². The normalized spacial score (nSPS) is 18.7. The minimum absolute atomic E-state index is 0.0708. The first kappa shape index (κ1) is 22.0. The van der Waals surface area contributed by atoms with Gasteiger partial charge in [0.25, 0.3) is 0 Å². The molecule has 0 fully saturated rings. The average Bonchev–Trinajstić information content (AvgIpc) is 3.22. The van der Waals surface area contributed by atoms with E-state index in [0.29, 0.717) is 58.8 Å². The summed E-state index contributed by atoms with van der Waals surface area (Å²) in [5, 5.41) is 0. The second-order valence-electron chi connectivity index (χ2n) is 8.55. The Balaban J connectivity index is 1.44. The van der Waals surface area contributed by atoms with Crippen molar-refractivity contribution in [3.63, 3.8) is 0 Å². The molecular formula is C28H22O8. The quantitative estimate of drug-likeness (QED) is 0.302. The first-order valence-electron chi connectivity index (χ1n) is 11.5.